The molecule has 17 heavy (non-hydrogen) atoms. The number of carbonyl (C=O) groups excluding carboxylic acids is 1. The lowest BCUT2D eigenvalue weighted by molar-refractivity contribution is -0.136. The molecule has 0 bridgehead atoms. The van der Waals surface area contributed by atoms with Gasteiger partial charge in [0.15, 0.2) is 0 Å². The van der Waals surface area contributed by atoms with Crippen LogP contribution in [-0.4, -0.2) is 62.8 Å². The lowest BCUT2D eigenvalue weighted by atomic mass is 10.1. The van der Waals surface area contributed by atoms with Crippen LogP contribution in [0.15, 0.2) is 0 Å². The van der Waals surface area contributed by atoms with Crippen LogP contribution in [0.1, 0.15) is 20.3 Å². The third-order valence-electron chi connectivity index (χ3n) is 3.28. The van der Waals surface area contributed by atoms with Crippen molar-refractivity contribution in [3.05, 3.63) is 0 Å². The van der Waals surface area contributed by atoms with E-state index in [0.29, 0.717) is 13.2 Å². The summed E-state index contributed by atoms with van der Waals surface area (Å²) >= 11 is 0. The lowest BCUT2D eigenvalue weighted by Gasteiger charge is -2.34. The predicted octanol–water partition coefficient (Wildman–Crippen LogP) is -0.179. The van der Waals surface area contributed by atoms with Crippen LogP contribution in [-0.2, 0) is 9.53 Å². The van der Waals surface area contributed by atoms with Crippen LogP contribution in [0.4, 0.5) is 0 Å². The number of carbonyl (C=O) groups is 1. The largest absolute Gasteiger partial charge is 0.383 e. The van der Waals surface area contributed by atoms with Crippen LogP contribution >= 0.6 is 0 Å². The predicted molar refractivity (Wildman–Crippen MR) is 68.0 cm³/mol. The molecule has 0 saturated carbocycles. The second-order valence-corrected chi connectivity index (χ2v) is 4.49. The fourth-order valence-electron chi connectivity index (χ4n) is 1.99. The van der Waals surface area contributed by atoms with Crippen molar-refractivity contribution in [2.24, 2.45) is 0 Å². The Balaban J connectivity index is 2.56. The van der Waals surface area contributed by atoms with Crippen LogP contribution in [0.3, 0.4) is 0 Å². The average molecular weight is 243 g/mol. The summed E-state index contributed by atoms with van der Waals surface area (Å²) in [5, 5.41) is 6.50. The maximum atomic E-state index is 12.4. The molecule has 5 nitrogen and oxygen atoms in total. The van der Waals surface area contributed by atoms with Crippen molar-refractivity contribution < 1.29 is 9.53 Å². The van der Waals surface area contributed by atoms with Gasteiger partial charge in [-0.1, -0.05) is 6.92 Å². The monoisotopic (exact) mass is 243 g/mol. The van der Waals surface area contributed by atoms with Gasteiger partial charge in [0.2, 0.25) is 5.91 Å². The van der Waals surface area contributed by atoms with Gasteiger partial charge < -0.3 is 20.3 Å². The second kappa shape index (κ2) is 7.63. The topological polar surface area (TPSA) is 53.6 Å². The molecule has 1 fully saturated rings. The standard InChI is InChI=1S/C12H25N3O2/c1-4-10(2)15(7-8-17-3)12(16)11-9-13-5-6-14-11/h10-11,13-14H,4-9H2,1-3H3. The van der Waals surface area contributed by atoms with Gasteiger partial charge in [-0.3, -0.25) is 4.79 Å². The first-order valence-electron chi connectivity index (χ1n) is 6.44. The highest BCUT2D eigenvalue weighted by molar-refractivity contribution is 5.82. The van der Waals surface area contributed by atoms with Gasteiger partial charge in [0.25, 0.3) is 0 Å². The van der Waals surface area contributed by atoms with Gasteiger partial charge >= 0.3 is 0 Å². The fraction of sp³-hybridized carbons (Fsp3) is 0.917. The quantitative estimate of drug-likeness (QED) is 0.679. The number of piperazine rings is 1. The molecule has 1 saturated heterocycles. The molecule has 0 aromatic heterocycles. The van der Waals surface area contributed by atoms with E-state index in [4.69, 9.17) is 4.74 Å². The molecule has 0 aromatic rings. The van der Waals surface area contributed by atoms with E-state index in [0.717, 1.165) is 26.1 Å². The SMILES string of the molecule is CCC(C)N(CCOC)C(=O)C1CNCCN1. The van der Waals surface area contributed by atoms with E-state index >= 15 is 0 Å². The molecule has 0 aromatic carbocycles. The molecule has 0 spiro atoms. The third kappa shape index (κ3) is 4.26. The zero-order chi connectivity index (χ0) is 12.7. The van der Waals surface area contributed by atoms with Crippen molar-refractivity contribution in [1.82, 2.24) is 15.5 Å². The van der Waals surface area contributed by atoms with E-state index in [1.807, 2.05) is 4.90 Å². The Labute approximate surface area is 104 Å². The highest BCUT2D eigenvalue weighted by Gasteiger charge is 2.27. The van der Waals surface area contributed by atoms with Gasteiger partial charge in [-0.15, -0.1) is 0 Å². The van der Waals surface area contributed by atoms with Crippen molar-refractivity contribution in [2.45, 2.75) is 32.4 Å². The summed E-state index contributed by atoms with van der Waals surface area (Å²) in [7, 11) is 1.67. The molecular formula is C12H25N3O2. The normalized spacial score (nSPS) is 22.2. The maximum absolute atomic E-state index is 12.4. The molecule has 1 rings (SSSR count). The van der Waals surface area contributed by atoms with Crippen LogP contribution in [0.25, 0.3) is 0 Å². The number of amides is 1. The molecule has 2 unspecified atom stereocenters. The zero-order valence-electron chi connectivity index (χ0n) is 11.2. The van der Waals surface area contributed by atoms with Gasteiger partial charge in [0.1, 0.15) is 0 Å². The third-order valence-corrected chi connectivity index (χ3v) is 3.28. The lowest BCUT2D eigenvalue weighted by Crippen LogP contribution is -2.58. The first kappa shape index (κ1) is 14.4. The highest BCUT2D eigenvalue weighted by atomic mass is 16.5. The Morgan fingerprint density at radius 1 is 1.53 bits per heavy atom. The minimum absolute atomic E-state index is 0.0883. The Morgan fingerprint density at radius 2 is 2.29 bits per heavy atom. The molecule has 1 heterocycles. The minimum atomic E-state index is -0.0883. The number of ether oxygens (including phenoxy) is 1. The Bertz CT molecular complexity index is 230. The molecular weight excluding hydrogens is 218 g/mol. The van der Waals surface area contributed by atoms with Crippen molar-refractivity contribution in [3.63, 3.8) is 0 Å². The molecule has 0 aliphatic carbocycles. The highest BCUT2D eigenvalue weighted by Crippen LogP contribution is 2.07. The van der Waals surface area contributed by atoms with E-state index in [2.05, 4.69) is 24.5 Å². The maximum Gasteiger partial charge on any atom is 0.241 e. The second-order valence-electron chi connectivity index (χ2n) is 4.49. The summed E-state index contributed by atoms with van der Waals surface area (Å²) in [5.74, 6) is 0.184. The molecule has 1 aliphatic heterocycles. The molecule has 5 heteroatoms. The van der Waals surface area contributed by atoms with Crippen molar-refractivity contribution in [2.75, 3.05) is 39.9 Å². The van der Waals surface area contributed by atoms with Gasteiger partial charge in [0.05, 0.1) is 12.6 Å². The number of rotatable bonds is 6. The minimum Gasteiger partial charge on any atom is -0.383 e. The summed E-state index contributed by atoms with van der Waals surface area (Å²) in [6, 6.07) is 0.177. The summed E-state index contributed by atoms with van der Waals surface area (Å²) in [6.07, 6.45) is 0.968. The first-order chi connectivity index (χ1) is 8.20. The van der Waals surface area contributed by atoms with E-state index in [1.54, 1.807) is 7.11 Å². The van der Waals surface area contributed by atoms with E-state index in [-0.39, 0.29) is 18.0 Å². The van der Waals surface area contributed by atoms with Crippen LogP contribution in [0.5, 0.6) is 0 Å². The Kier molecular flexibility index (Phi) is 6.47. The Hall–Kier alpha value is -0.650. The van der Waals surface area contributed by atoms with Crippen LogP contribution in [0.2, 0.25) is 0 Å². The Morgan fingerprint density at radius 3 is 2.82 bits per heavy atom. The van der Waals surface area contributed by atoms with Crippen molar-refractivity contribution >= 4 is 5.91 Å². The van der Waals surface area contributed by atoms with E-state index in [1.165, 1.54) is 0 Å². The smallest absolute Gasteiger partial charge is 0.241 e. The van der Waals surface area contributed by atoms with Crippen LogP contribution in [0, 0.1) is 0 Å². The summed E-state index contributed by atoms with van der Waals surface area (Å²) in [4.78, 5) is 14.3. The van der Waals surface area contributed by atoms with Crippen LogP contribution < -0.4 is 10.6 Å². The summed E-state index contributed by atoms with van der Waals surface area (Å²) in [6.45, 7) is 7.96. The molecule has 2 N–H and O–H groups in total. The average Bonchev–Trinajstić information content (AvgIpc) is 2.39. The molecule has 1 aliphatic rings. The molecule has 1 amide bonds. The molecule has 0 radical (unpaired) electrons. The number of nitrogens with zero attached hydrogens (tertiary/aromatic N) is 1. The number of hydrogen-bond acceptors (Lipinski definition) is 4. The van der Waals surface area contributed by atoms with Crippen molar-refractivity contribution in [1.29, 1.82) is 0 Å². The van der Waals surface area contributed by atoms with E-state index < -0.39 is 0 Å². The van der Waals surface area contributed by atoms with Gasteiger partial charge in [-0.05, 0) is 13.3 Å². The number of methoxy groups -OCH3 is 1. The van der Waals surface area contributed by atoms with Gasteiger partial charge in [-0.2, -0.15) is 0 Å². The van der Waals surface area contributed by atoms with Gasteiger partial charge in [-0.25, -0.2) is 0 Å². The van der Waals surface area contributed by atoms with Crippen molar-refractivity contribution in [3.8, 4) is 0 Å². The number of hydrogen-bond donors (Lipinski definition) is 2. The molecule has 2 atom stereocenters. The van der Waals surface area contributed by atoms with E-state index in [9.17, 15) is 4.79 Å². The fourth-order valence-corrected chi connectivity index (χ4v) is 1.99. The summed E-state index contributed by atoms with van der Waals surface area (Å²) < 4.78 is 5.07. The first-order valence-corrected chi connectivity index (χ1v) is 6.44. The zero-order valence-corrected chi connectivity index (χ0v) is 11.2. The number of nitrogens with one attached hydrogen (secondary N) is 2. The van der Waals surface area contributed by atoms with Gasteiger partial charge in [0, 0.05) is 39.3 Å². The molecule has 100 valence electrons. The summed E-state index contributed by atoms with van der Waals surface area (Å²) in [5.41, 5.74) is 0.